The Morgan fingerprint density at radius 1 is 1.35 bits per heavy atom. The normalized spacial score (nSPS) is 19.4. The first-order valence-corrected chi connectivity index (χ1v) is 10.3. The van der Waals surface area contributed by atoms with Gasteiger partial charge in [-0.25, -0.2) is 8.78 Å². The van der Waals surface area contributed by atoms with Gasteiger partial charge in [0.15, 0.2) is 17.2 Å². The Morgan fingerprint density at radius 2 is 2.06 bits per heavy atom. The fraction of sp³-hybridized carbons (Fsp3) is 0.286. The molecule has 2 aromatic carbocycles. The van der Waals surface area contributed by atoms with Crippen molar-refractivity contribution in [1.82, 2.24) is 5.32 Å². The van der Waals surface area contributed by atoms with Crippen molar-refractivity contribution in [2.75, 3.05) is 16.8 Å². The average Bonchev–Trinajstić information content (AvgIpc) is 2.96. The summed E-state index contributed by atoms with van der Waals surface area (Å²) in [6.45, 7) is 0. The molecule has 4 rings (SSSR count). The number of carbonyl (C=O) groups excluding carboxylic acids is 1. The van der Waals surface area contributed by atoms with Crippen LogP contribution in [0.3, 0.4) is 0 Å². The molecule has 0 bridgehead atoms. The summed E-state index contributed by atoms with van der Waals surface area (Å²) in [7, 11) is 1.40. The molecule has 1 saturated carbocycles. The predicted octanol–water partition coefficient (Wildman–Crippen LogP) is 3.70. The Kier molecular flexibility index (Phi) is 5.33. The summed E-state index contributed by atoms with van der Waals surface area (Å²) in [5.74, 6) is -2.18. The van der Waals surface area contributed by atoms with Gasteiger partial charge >= 0.3 is 0 Å². The van der Waals surface area contributed by atoms with E-state index in [1.54, 1.807) is 17.0 Å². The van der Waals surface area contributed by atoms with Crippen LogP contribution in [-0.4, -0.2) is 34.9 Å². The van der Waals surface area contributed by atoms with Crippen LogP contribution in [0, 0.1) is 23.0 Å². The summed E-state index contributed by atoms with van der Waals surface area (Å²) in [4.78, 5) is 14.7. The van der Waals surface area contributed by atoms with Gasteiger partial charge in [0.1, 0.15) is 11.9 Å². The quantitative estimate of drug-likeness (QED) is 0.677. The molecule has 6 nitrogen and oxygen atoms in total. The highest BCUT2D eigenvalue weighted by atomic mass is 35.5. The molecule has 0 radical (unpaired) electrons. The molecule has 1 atom stereocenters. The van der Waals surface area contributed by atoms with E-state index in [0.29, 0.717) is 18.5 Å². The molecule has 2 aliphatic rings. The Bertz CT molecular complexity index is 1150. The van der Waals surface area contributed by atoms with Crippen LogP contribution < -0.4 is 15.1 Å². The fourth-order valence-electron chi connectivity index (χ4n) is 4.16. The number of rotatable bonds is 3. The van der Waals surface area contributed by atoms with Gasteiger partial charge in [-0.3, -0.25) is 9.69 Å². The lowest BCUT2D eigenvalue weighted by molar-refractivity contribution is 0.0594. The lowest BCUT2D eigenvalue weighted by Gasteiger charge is -2.46. The first kappa shape index (κ1) is 21.4. The van der Waals surface area contributed by atoms with Crippen LogP contribution in [0.15, 0.2) is 30.3 Å². The maximum Gasteiger partial charge on any atom is 0.253 e. The lowest BCUT2D eigenvalue weighted by atomic mass is 9.74. The molecule has 160 valence electrons. The summed E-state index contributed by atoms with van der Waals surface area (Å²) < 4.78 is 29.6. The van der Waals surface area contributed by atoms with Crippen molar-refractivity contribution in [3.05, 3.63) is 58.1 Å². The van der Waals surface area contributed by atoms with Gasteiger partial charge in [0.05, 0.1) is 27.4 Å². The second-order valence-electron chi connectivity index (χ2n) is 7.43. The van der Waals surface area contributed by atoms with E-state index in [2.05, 4.69) is 5.32 Å². The van der Waals surface area contributed by atoms with Crippen LogP contribution in [0.25, 0.3) is 0 Å². The number of anilines is 2. The minimum Gasteiger partial charge on any atom is -0.371 e. The second kappa shape index (κ2) is 7.71. The van der Waals surface area contributed by atoms with Crippen LogP contribution in [0.1, 0.15) is 35.2 Å². The van der Waals surface area contributed by atoms with E-state index in [4.69, 9.17) is 29.1 Å². The number of hydrogen-bond donors (Lipinski definition) is 2. The molecule has 10 heteroatoms. The van der Waals surface area contributed by atoms with Crippen molar-refractivity contribution >= 4 is 46.2 Å². The number of carbonyl (C=O) groups is 1. The number of hydrogen-bond acceptors (Lipinski definition) is 4. The molecule has 1 aliphatic carbocycles. The van der Waals surface area contributed by atoms with Crippen molar-refractivity contribution in [3.63, 3.8) is 0 Å². The van der Waals surface area contributed by atoms with Crippen molar-refractivity contribution < 1.29 is 18.7 Å². The lowest BCUT2D eigenvalue weighted by Crippen LogP contribution is -2.57. The summed E-state index contributed by atoms with van der Waals surface area (Å²) in [6.07, 6.45) is 0.693. The summed E-state index contributed by atoms with van der Waals surface area (Å²) >= 11 is 11.6. The van der Waals surface area contributed by atoms with Gasteiger partial charge in [0, 0.05) is 12.7 Å². The van der Waals surface area contributed by atoms with Gasteiger partial charge in [-0.1, -0.05) is 11.6 Å². The number of amides is 1. The Morgan fingerprint density at radius 3 is 2.61 bits per heavy atom. The molecule has 1 saturated heterocycles. The predicted molar refractivity (Wildman–Crippen MR) is 116 cm³/mol. The number of nitrogens with zero attached hydrogens (tertiary/aromatic N) is 3. The first-order valence-electron chi connectivity index (χ1n) is 9.48. The molecule has 2 N–H and O–H groups in total. The molecule has 2 aromatic rings. The van der Waals surface area contributed by atoms with E-state index in [-0.39, 0.29) is 26.9 Å². The molecule has 1 heterocycles. The highest BCUT2D eigenvalue weighted by Gasteiger charge is 2.59. The molecule has 1 amide bonds. The smallest absolute Gasteiger partial charge is 0.253 e. The number of thiocarbonyl (C=S) groups is 1. The zero-order valence-corrected chi connectivity index (χ0v) is 17.9. The molecule has 1 aliphatic heterocycles. The second-order valence-corrected chi connectivity index (χ2v) is 8.18. The van der Waals surface area contributed by atoms with Gasteiger partial charge in [-0.2, -0.15) is 5.26 Å². The van der Waals surface area contributed by atoms with E-state index >= 15 is 0 Å². The molecular weight excluding hydrogens is 446 g/mol. The number of halogens is 3. The van der Waals surface area contributed by atoms with Crippen LogP contribution in [-0.2, 0) is 0 Å². The summed E-state index contributed by atoms with van der Waals surface area (Å²) in [6, 6.07) is 8.55. The first-order chi connectivity index (χ1) is 14.8. The Balaban J connectivity index is 1.80. The maximum atomic E-state index is 15.0. The van der Waals surface area contributed by atoms with E-state index in [1.165, 1.54) is 36.2 Å². The maximum absolute atomic E-state index is 15.0. The van der Waals surface area contributed by atoms with Gasteiger partial charge in [-0.05, 0) is 61.8 Å². The van der Waals surface area contributed by atoms with Crippen molar-refractivity contribution in [1.29, 1.82) is 5.26 Å². The molecule has 1 spiro atoms. The van der Waals surface area contributed by atoms with E-state index < -0.39 is 29.3 Å². The summed E-state index contributed by atoms with van der Waals surface area (Å²) in [5, 5.41) is 22.3. The molecule has 31 heavy (non-hydrogen) atoms. The molecule has 1 unspecified atom stereocenters. The Hall–Kier alpha value is -2.80. The number of benzene rings is 2. The third kappa shape index (κ3) is 3.05. The fourth-order valence-corrected chi connectivity index (χ4v) is 4.84. The number of aliphatic hydroxyl groups is 1. The minimum atomic E-state index is -1.21. The minimum absolute atomic E-state index is 0.0374. The topological polar surface area (TPSA) is 79.6 Å². The molecule has 0 aromatic heterocycles. The molecular formula is C21H17ClF2N4O2S. The SMILES string of the molecule is CNC(=O)c1ccc(N2C(=S)N(c3ccc(C#N)c(Cl)c3F)C(O)C23CCC3)cc1F. The van der Waals surface area contributed by atoms with Gasteiger partial charge in [0.2, 0.25) is 0 Å². The van der Waals surface area contributed by atoms with E-state index in [0.717, 1.165) is 6.42 Å². The van der Waals surface area contributed by atoms with Crippen LogP contribution in [0.5, 0.6) is 0 Å². The largest absolute Gasteiger partial charge is 0.371 e. The average molecular weight is 463 g/mol. The van der Waals surface area contributed by atoms with Gasteiger partial charge in [-0.15, -0.1) is 0 Å². The highest BCUT2D eigenvalue weighted by Crippen LogP contribution is 2.50. The number of nitrogens with one attached hydrogen (secondary N) is 1. The Labute approximate surface area is 187 Å². The number of nitriles is 1. The number of aliphatic hydroxyl groups excluding tert-OH is 1. The monoisotopic (exact) mass is 462 g/mol. The van der Waals surface area contributed by atoms with E-state index in [9.17, 15) is 18.7 Å². The standard InChI is InChI=1S/C21H17ClF2N4O2S/c1-26-18(29)13-5-4-12(9-14(13)23)28-20(31)27(19(30)21(28)7-2-8-21)15-6-3-11(10-25)16(22)17(15)24/h3-6,9,19,30H,2,7-8H2,1H3,(H,26,29). The molecule has 2 fully saturated rings. The van der Waals surface area contributed by atoms with Crippen LogP contribution in [0.4, 0.5) is 20.2 Å². The third-order valence-electron chi connectivity index (χ3n) is 5.91. The van der Waals surface area contributed by atoms with Crippen LogP contribution >= 0.6 is 23.8 Å². The van der Waals surface area contributed by atoms with Gasteiger partial charge in [0.25, 0.3) is 5.91 Å². The zero-order chi connectivity index (χ0) is 22.5. The third-order valence-corrected chi connectivity index (χ3v) is 6.66. The van der Waals surface area contributed by atoms with E-state index in [1.807, 2.05) is 0 Å². The van der Waals surface area contributed by atoms with Gasteiger partial charge < -0.3 is 15.3 Å². The van der Waals surface area contributed by atoms with Crippen LogP contribution in [0.2, 0.25) is 5.02 Å². The van der Waals surface area contributed by atoms with Crippen molar-refractivity contribution in [3.8, 4) is 6.07 Å². The van der Waals surface area contributed by atoms with Crippen molar-refractivity contribution in [2.45, 2.75) is 31.0 Å². The van der Waals surface area contributed by atoms with Crippen molar-refractivity contribution in [2.24, 2.45) is 0 Å². The summed E-state index contributed by atoms with van der Waals surface area (Å²) in [5.41, 5.74) is -0.759. The highest BCUT2D eigenvalue weighted by molar-refractivity contribution is 7.80. The zero-order valence-electron chi connectivity index (χ0n) is 16.3.